The number of carbonyl (C=O) groups is 1. The van der Waals surface area contributed by atoms with Gasteiger partial charge < -0.3 is 10.1 Å². The number of hydrogen-bond donors (Lipinski definition) is 2. The summed E-state index contributed by atoms with van der Waals surface area (Å²) in [6.07, 6.45) is 0. The SMILES string of the molecule is COC(=O)C(C)(C)NC(=S)S. The van der Waals surface area contributed by atoms with E-state index in [9.17, 15) is 4.79 Å². The highest BCUT2D eigenvalue weighted by Gasteiger charge is 2.28. The summed E-state index contributed by atoms with van der Waals surface area (Å²) in [7, 11) is 1.33. The molecule has 3 nitrogen and oxygen atoms in total. The highest BCUT2D eigenvalue weighted by molar-refractivity contribution is 8.11. The van der Waals surface area contributed by atoms with E-state index in [1.165, 1.54) is 7.11 Å². The Bertz CT molecular complexity index is 179. The number of carbonyl (C=O) groups excluding carboxylic acids is 1. The second-order valence-corrected chi connectivity index (χ2v) is 3.70. The smallest absolute Gasteiger partial charge is 0.330 e. The van der Waals surface area contributed by atoms with Crippen LogP contribution in [0.25, 0.3) is 0 Å². The van der Waals surface area contributed by atoms with E-state index in [1.807, 2.05) is 0 Å². The first-order valence-corrected chi connectivity index (χ1v) is 3.85. The quantitative estimate of drug-likeness (QED) is 0.385. The molecule has 0 bridgehead atoms. The average Bonchev–Trinajstić information content (AvgIpc) is 1.83. The van der Waals surface area contributed by atoms with Crippen LogP contribution in [-0.4, -0.2) is 22.9 Å². The molecule has 0 heterocycles. The zero-order valence-corrected chi connectivity index (χ0v) is 8.38. The summed E-state index contributed by atoms with van der Waals surface area (Å²) in [4.78, 5) is 11.0. The molecule has 64 valence electrons. The molecule has 0 atom stereocenters. The standard InChI is InChI=1S/C6H11NO2S2/c1-6(2,4(8)9-3)7-5(10)11/h1-3H3,(H2,7,10,11). The van der Waals surface area contributed by atoms with E-state index < -0.39 is 5.54 Å². The molecule has 0 aromatic carbocycles. The minimum atomic E-state index is -0.798. The molecular formula is C6H11NO2S2. The lowest BCUT2D eigenvalue weighted by Crippen LogP contribution is -2.48. The molecule has 0 saturated heterocycles. The number of methoxy groups -OCH3 is 1. The molecule has 0 aliphatic rings. The van der Waals surface area contributed by atoms with E-state index in [2.05, 4.69) is 34.9 Å². The van der Waals surface area contributed by atoms with Crippen molar-refractivity contribution in [2.24, 2.45) is 0 Å². The van der Waals surface area contributed by atoms with Crippen molar-refractivity contribution in [2.75, 3.05) is 7.11 Å². The number of rotatable bonds is 2. The minimum absolute atomic E-state index is 0.278. The summed E-state index contributed by atoms with van der Waals surface area (Å²) < 4.78 is 4.80. The van der Waals surface area contributed by atoms with E-state index in [0.717, 1.165) is 0 Å². The summed E-state index contributed by atoms with van der Waals surface area (Å²) in [5, 5.41) is 2.69. The third-order valence-electron chi connectivity index (χ3n) is 1.12. The molecule has 0 aromatic rings. The van der Waals surface area contributed by atoms with Crippen LogP contribution in [0.4, 0.5) is 0 Å². The van der Waals surface area contributed by atoms with Gasteiger partial charge in [-0.15, -0.1) is 12.6 Å². The highest BCUT2D eigenvalue weighted by Crippen LogP contribution is 2.04. The molecular weight excluding hydrogens is 182 g/mol. The van der Waals surface area contributed by atoms with Crippen LogP contribution < -0.4 is 5.32 Å². The molecule has 1 N–H and O–H groups in total. The molecule has 0 rings (SSSR count). The lowest BCUT2D eigenvalue weighted by atomic mass is 10.1. The van der Waals surface area contributed by atoms with E-state index >= 15 is 0 Å². The normalized spacial score (nSPS) is 10.5. The van der Waals surface area contributed by atoms with Crippen LogP contribution >= 0.6 is 24.8 Å². The van der Waals surface area contributed by atoms with Gasteiger partial charge in [0, 0.05) is 0 Å². The third kappa shape index (κ3) is 3.57. The maximum Gasteiger partial charge on any atom is 0.330 e. The fraction of sp³-hybridized carbons (Fsp3) is 0.667. The maximum atomic E-state index is 11.0. The number of ether oxygens (including phenoxy) is 1. The largest absolute Gasteiger partial charge is 0.467 e. The molecule has 0 spiro atoms. The van der Waals surface area contributed by atoms with Crippen LogP contribution in [-0.2, 0) is 9.53 Å². The summed E-state index contributed by atoms with van der Waals surface area (Å²) >= 11 is 8.49. The maximum absolute atomic E-state index is 11.0. The Morgan fingerprint density at radius 1 is 1.64 bits per heavy atom. The van der Waals surface area contributed by atoms with Gasteiger partial charge in [-0.05, 0) is 13.8 Å². The number of hydrogen-bond acceptors (Lipinski definition) is 3. The summed E-state index contributed by atoms with van der Waals surface area (Å²) in [6, 6.07) is 0. The lowest BCUT2D eigenvalue weighted by molar-refractivity contribution is -0.146. The first kappa shape index (κ1) is 10.7. The first-order chi connectivity index (χ1) is 4.90. The van der Waals surface area contributed by atoms with Crippen molar-refractivity contribution in [3.05, 3.63) is 0 Å². The van der Waals surface area contributed by atoms with Gasteiger partial charge in [-0.25, -0.2) is 4.79 Å². The molecule has 5 heteroatoms. The Morgan fingerprint density at radius 2 is 2.09 bits per heavy atom. The van der Waals surface area contributed by atoms with Gasteiger partial charge in [-0.3, -0.25) is 0 Å². The predicted octanol–water partition coefficient (Wildman–Crippen LogP) is 0.742. The summed E-state index contributed by atoms with van der Waals surface area (Å²) in [5.74, 6) is -0.367. The summed E-state index contributed by atoms with van der Waals surface area (Å²) in [5.41, 5.74) is -0.798. The Kier molecular flexibility index (Phi) is 3.82. The molecule has 0 aromatic heterocycles. The predicted molar refractivity (Wildman–Crippen MR) is 50.8 cm³/mol. The van der Waals surface area contributed by atoms with Crippen molar-refractivity contribution in [2.45, 2.75) is 19.4 Å². The van der Waals surface area contributed by atoms with Crippen LogP contribution in [0.15, 0.2) is 0 Å². The fourth-order valence-electron chi connectivity index (χ4n) is 0.574. The Hall–Kier alpha value is -0.290. The van der Waals surface area contributed by atoms with Crippen molar-refractivity contribution in [1.82, 2.24) is 5.32 Å². The number of esters is 1. The van der Waals surface area contributed by atoms with Crippen LogP contribution in [0.1, 0.15) is 13.8 Å². The molecule has 0 aliphatic heterocycles. The molecule has 11 heavy (non-hydrogen) atoms. The van der Waals surface area contributed by atoms with E-state index in [1.54, 1.807) is 13.8 Å². The fourth-order valence-corrected chi connectivity index (χ4v) is 1.11. The molecule has 0 unspecified atom stereocenters. The Balaban J connectivity index is 4.21. The van der Waals surface area contributed by atoms with Gasteiger partial charge in [-0.1, -0.05) is 12.2 Å². The lowest BCUT2D eigenvalue weighted by Gasteiger charge is -2.22. The van der Waals surface area contributed by atoms with Crippen molar-refractivity contribution >= 4 is 35.1 Å². The van der Waals surface area contributed by atoms with Crippen molar-refractivity contribution in [3.63, 3.8) is 0 Å². The van der Waals surface area contributed by atoms with Gasteiger partial charge in [0.05, 0.1) is 7.11 Å². The van der Waals surface area contributed by atoms with Crippen LogP contribution in [0.3, 0.4) is 0 Å². The second kappa shape index (κ2) is 3.92. The van der Waals surface area contributed by atoms with Crippen molar-refractivity contribution in [1.29, 1.82) is 0 Å². The summed E-state index contributed by atoms with van der Waals surface area (Å²) in [6.45, 7) is 3.34. The van der Waals surface area contributed by atoms with E-state index in [4.69, 9.17) is 0 Å². The van der Waals surface area contributed by atoms with Crippen LogP contribution in [0.2, 0.25) is 0 Å². The number of nitrogens with one attached hydrogen (secondary N) is 1. The van der Waals surface area contributed by atoms with Crippen molar-refractivity contribution in [3.8, 4) is 0 Å². The zero-order valence-electron chi connectivity index (χ0n) is 6.67. The van der Waals surface area contributed by atoms with Gasteiger partial charge in [0.15, 0.2) is 0 Å². The topological polar surface area (TPSA) is 38.3 Å². The number of thiol groups is 1. The monoisotopic (exact) mass is 193 g/mol. The van der Waals surface area contributed by atoms with Gasteiger partial charge >= 0.3 is 5.97 Å². The first-order valence-electron chi connectivity index (χ1n) is 2.99. The van der Waals surface area contributed by atoms with Crippen LogP contribution in [0, 0.1) is 0 Å². The molecule has 0 fully saturated rings. The van der Waals surface area contributed by atoms with Crippen LogP contribution in [0.5, 0.6) is 0 Å². The number of thiocarbonyl (C=S) groups is 1. The van der Waals surface area contributed by atoms with Crippen molar-refractivity contribution < 1.29 is 9.53 Å². The minimum Gasteiger partial charge on any atom is -0.467 e. The molecule has 0 saturated carbocycles. The average molecular weight is 193 g/mol. The van der Waals surface area contributed by atoms with Gasteiger partial charge in [0.25, 0.3) is 0 Å². The Morgan fingerprint density at radius 3 is 2.36 bits per heavy atom. The molecule has 0 amide bonds. The second-order valence-electron chi connectivity index (χ2n) is 2.55. The van der Waals surface area contributed by atoms with Gasteiger partial charge in [0.1, 0.15) is 9.86 Å². The molecule has 0 radical (unpaired) electrons. The zero-order chi connectivity index (χ0) is 9.07. The highest BCUT2D eigenvalue weighted by atomic mass is 32.1. The Labute approximate surface area is 76.9 Å². The third-order valence-corrected chi connectivity index (χ3v) is 1.33. The van der Waals surface area contributed by atoms with E-state index in [-0.39, 0.29) is 10.3 Å². The molecule has 0 aliphatic carbocycles. The van der Waals surface area contributed by atoms with Gasteiger partial charge in [-0.2, -0.15) is 0 Å². The van der Waals surface area contributed by atoms with E-state index in [0.29, 0.717) is 0 Å². The van der Waals surface area contributed by atoms with Gasteiger partial charge in [0.2, 0.25) is 0 Å².